The number of carbonyl (C=O) groups is 2. The van der Waals surface area contributed by atoms with E-state index in [1.54, 1.807) is 7.11 Å². The van der Waals surface area contributed by atoms with Gasteiger partial charge in [-0.25, -0.2) is 0 Å². The van der Waals surface area contributed by atoms with E-state index in [2.05, 4.69) is 4.98 Å². The topological polar surface area (TPSA) is 65.6 Å². The first-order valence-corrected chi connectivity index (χ1v) is 9.30. The predicted molar refractivity (Wildman–Crippen MR) is 104 cm³/mol. The van der Waals surface area contributed by atoms with Gasteiger partial charge in [0.25, 0.3) is 0 Å². The van der Waals surface area contributed by atoms with Crippen molar-refractivity contribution in [3.8, 4) is 5.75 Å². The standard InChI is InChI=1S/C21H27N3O3/c1-15-12-19(27-3)16(2)11-17(15)13-20(25)23-7-9-24(10-8-23)21(26)14-18-5-4-6-22-18/h4-6,11-12,22H,7-10,13-14H2,1-3H3. The quantitative estimate of drug-likeness (QED) is 0.878. The molecule has 144 valence electrons. The Kier molecular flexibility index (Phi) is 5.84. The van der Waals surface area contributed by atoms with E-state index in [0.717, 1.165) is 28.1 Å². The molecule has 0 spiro atoms. The summed E-state index contributed by atoms with van der Waals surface area (Å²) in [6.45, 7) is 6.34. The highest BCUT2D eigenvalue weighted by atomic mass is 16.5. The van der Waals surface area contributed by atoms with Crippen LogP contribution in [0.2, 0.25) is 0 Å². The van der Waals surface area contributed by atoms with Crippen LogP contribution in [-0.4, -0.2) is 59.9 Å². The van der Waals surface area contributed by atoms with E-state index < -0.39 is 0 Å². The molecule has 27 heavy (non-hydrogen) atoms. The van der Waals surface area contributed by atoms with Crippen LogP contribution < -0.4 is 4.74 Å². The van der Waals surface area contributed by atoms with Crippen LogP contribution in [-0.2, 0) is 22.4 Å². The van der Waals surface area contributed by atoms with Crippen molar-refractivity contribution in [1.29, 1.82) is 0 Å². The summed E-state index contributed by atoms with van der Waals surface area (Å²) in [5, 5.41) is 0. The first kappa shape index (κ1) is 19.0. The number of aromatic nitrogens is 1. The number of methoxy groups -OCH3 is 1. The zero-order valence-electron chi connectivity index (χ0n) is 16.2. The van der Waals surface area contributed by atoms with Gasteiger partial charge in [-0.05, 0) is 48.7 Å². The molecule has 2 aromatic rings. The summed E-state index contributed by atoms with van der Waals surface area (Å²) in [5.41, 5.74) is 4.05. The maximum Gasteiger partial charge on any atom is 0.228 e. The van der Waals surface area contributed by atoms with Crippen molar-refractivity contribution in [2.45, 2.75) is 26.7 Å². The third-order valence-electron chi connectivity index (χ3n) is 5.18. The number of aryl methyl sites for hydroxylation is 2. The van der Waals surface area contributed by atoms with Crippen molar-refractivity contribution in [2.24, 2.45) is 0 Å². The average molecular weight is 369 g/mol. The second-order valence-corrected chi connectivity index (χ2v) is 7.06. The molecule has 6 nitrogen and oxygen atoms in total. The number of carbonyl (C=O) groups excluding carboxylic acids is 2. The molecule has 2 heterocycles. The molecule has 0 saturated carbocycles. The molecule has 1 aliphatic heterocycles. The van der Waals surface area contributed by atoms with Crippen molar-refractivity contribution in [2.75, 3.05) is 33.3 Å². The number of hydrogen-bond donors (Lipinski definition) is 1. The normalized spacial score (nSPS) is 14.3. The summed E-state index contributed by atoms with van der Waals surface area (Å²) in [5.74, 6) is 1.06. The molecule has 1 aromatic heterocycles. The molecule has 1 aromatic carbocycles. The van der Waals surface area contributed by atoms with Gasteiger partial charge in [0.05, 0.1) is 20.0 Å². The van der Waals surface area contributed by atoms with Gasteiger partial charge in [-0.1, -0.05) is 6.07 Å². The molecule has 2 amide bonds. The summed E-state index contributed by atoms with van der Waals surface area (Å²) < 4.78 is 5.34. The van der Waals surface area contributed by atoms with Gasteiger partial charge in [-0.2, -0.15) is 0 Å². The van der Waals surface area contributed by atoms with Crippen molar-refractivity contribution >= 4 is 11.8 Å². The minimum atomic E-state index is 0.103. The lowest BCUT2D eigenvalue weighted by molar-refractivity contribution is -0.138. The van der Waals surface area contributed by atoms with Crippen molar-refractivity contribution in [3.63, 3.8) is 0 Å². The van der Waals surface area contributed by atoms with Crippen LogP contribution in [0.3, 0.4) is 0 Å². The van der Waals surface area contributed by atoms with Gasteiger partial charge in [0, 0.05) is 38.1 Å². The van der Waals surface area contributed by atoms with E-state index >= 15 is 0 Å². The fourth-order valence-electron chi connectivity index (χ4n) is 3.49. The highest BCUT2D eigenvalue weighted by Crippen LogP contribution is 2.23. The summed E-state index contributed by atoms with van der Waals surface area (Å²) in [4.78, 5) is 31.8. The summed E-state index contributed by atoms with van der Waals surface area (Å²) in [6.07, 6.45) is 2.58. The molecular formula is C21H27N3O3. The van der Waals surface area contributed by atoms with Crippen molar-refractivity contribution < 1.29 is 14.3 Å². The minimum absolute atomic E-state index is 0.103. The Morgan fingerprint density at radius 2 is 1.63 bits per heavy atom. The summed E-state index contributed by atoms with van der Waals surface area (Å²) in [7, 11) is 1.66. The number of benzene rings is 1. The van der Waals surface area contributed by atoms with Crippen LogP contribution in [0.25, 0.3) is 0 Å². The monoisotopic (exact) mass is 369 g/mol. The number of aromatic amines is 1. The lowest BCUT2D eigenvalue weighted by Gasteiger charge is -2.35. The Labute approximate surface area is 160 Å². The molecule has 0 aliphatic carbocycles. The maximum absolute atomic E-state index is 12.7. The van der Waals surface area contributed by atoms with E-state index in [4.69, 9.17) is 4.74 Å². The van der Waals surface area contributed by atoms with Crippen LogP contribution >= 0.6 is 0 Å². The Balaban J connectivity index is 1.54. The van der Waals surface area contributed by atoms with Crippen molar-refractivity contribution in [1.82, 2.24) is 14.8 Å². The molecule has 1 saturated heterocycles. The fraction of sp³-hybridized carbons (Fsp3) is 0.429. The van der Waals surface area contributed by atoms with Crippen LogP contribution in [0.15, 0.2) is 30.5 Å². The van der Waals surface area contributed by atoms with Crippen LogP contribution in [0, 0.1) is 13.8 Å². The van der Waals surface area contributed by atoms with Gasteiger partial charge < -0.3 is 19.5 Å². The number of hydrogen-bond acceptors (Lipinski definition) is 3. The Morgan fingerprint density at radius 1 is 1.00 bits per heavy atom. The zero-order chi connectivity index (χ0) is 19.4. The number of nitrogens with zero attached hydrogens (tertiary/aromatic N) is 2. The van der Waals surface area contributed by atoms with Crippen LogP contribution in [0.5, 0.6) is 5.75 Å². The number of H-pyrrole nitrogens is 1. The van der Waals surface area contributed by atoms with E-state index in [9.17, 15) is 9.59 Å². The van der Waals surface area contributed by atoms with Gasteiger partial charge in [0.2, 0.25) is 11.8 Å². The van der Waals surface area contributed by atoms with Gasteiger partial charge in [-0.15, -0.1) is 0 Å². The Morgan fingerprint density at radius 3 is 2.19 bits per heavy atom. The first-order valence-electron chi connectivity index (χ1n) is 9.30. The molecule has 3 rings (SSSR count). The van der Waals surface area contributed by atoms with Crippen molar-refractivity contribution in [3.05, 3.63) is 52.8 Å². The van der Waals surface area contributed by atoms with E-state index in [0.29, 0.717) is 39.0 Å². The number of rotatable bonds is 5. The lowest BCUT2D eigenvalue weighted by Crippen LogP contribution is -2.51. The van der Waals surface area contributed by atoms with Gasteiger partial charge in [-0.3, -0.25) is 9.59 Å². The fourth-order valence-corrected chi connectivity index (χ4v) is 3.49. The SMILES string of the molecule is COc1cc(C)c(CC(=O)N2CCN(C(=O)Cc3ccc[nH]3)CC2)cc1C. The maximum atomic E-state index is 12.7. The molecule has 0 atom stereocenters. The van der Waals surface area contributed by atoms with E-state index in [1.165, 1.54) is 0 Å². The summed E-state index contributed by atoms with van der Waals surface area (Å²) in [6, 6.07) is 7.82. The molecule has 6 heteroatoms. The largest absolute Gasteiger partial charge is 0.496 e. The molecule has 0 unspecified atom stereocenters. The molecule has 1 fully saturated rings. The van der Waals surface area contributed by atoms with Gasteiger partial charge >= 0.3 is 0 Å². The number of nitrogens with one attached hydrogen (secondary N) is 1. The number of piperazine rings is 1. The third-order valence-corrected chi connectivity index (χ3v) is 5.18. The Bertz CT molecular complexity index is 806. The van der Waals surface area contributed by atoms with Gasteiger partial charge in [0.15, 0.2) is 0 Å². The van der Waals surface area contributed by atoms with Gasteiger partial charge in [0.1, 0.15) is 5.75 Å². The first-order chi connectivity index (χ1) is 13.0. The summed E-state index contributed by atoms with van der Waals surface area (Å²) >= 11 is 0. The number of ether oxygens (including phenoxy) is 1. The highest BCUT2D eigenvalue weighted by Gasteiger charge is 2.24. The van der Waals surface area contributed by atoms with Crippen LogP contribution in [0.1, 0.15) is 22.4 Å². The number of amides is 2. The van der Waals surface area contributed by atoms with Crippen LogP contribution in [0.4, 0.5) is 0 Å². The zero-order valence-corrected chi connectivity index (χ0v) is 16.2. The lowest BCUT2D eigenvalue weighted by atomic mass is 10.0. The molecule has 1 aliphatic rings. The molecule has 0 radical (unpaired) electrons. The smallest absolute Gasteiger partial charge is 0.228 e. The minimum Gasteiger partial charge on any atom is -0.496 e. The highest BCUT2D eigenvalue weighted by molar-refractivity contribution is 5.81. The predicted octanol–water partition coefficient (Wildman–Crippen LogP) is 2.10. The molecular weight excluding hydrogens is 342 g/mol. The second kappa shape index (κ2) is 8.29. The second-order valence-electron chi connectivity index (χ2n) is 7.06. The van der Waals surface area contributed by atoms with E-state index in [-0.39, 0.29) is 11.8 Å². The Hall–Kier alpha value is -2.76. The average Bonchev–Trinajstić information content (AvgIpc) is 3.17. The molecule has 0 bridgehead atoms. The molecule has 1 N–H and O–H groups in total. The third kappa shape index (κ3) is 4.51. The van der Waals surface area contributed by atoms with E-state index in [1.807, 2.05) is 54.1 Å².